The van der Waals surface area contributed by atoms with Crippen LogP contribution in [0.15, 0.2) is 59.2 Å². The van der Waals surface area contributed by atoms with Gasteiger partial charge in [-0.2, -0.15) is 0 Å². The molecule has 0 radical (unpaired) electrons. The summed E-state index contributed by atoms with van der Waals surface area (Å²) in [4.78, 5) is 4.41. The average molecular weight is 417 g/mol. The molecule has 2 aromatic carbocycles. The number of hydrogen-bond acceptors (Lipinski definition) is 3. The fourth-order valence-electron chi connectivity index (χ4n) is 2.87. The molecule has 0 bridgehead atoms. The summed E-state index contributed by atoms with van der Waals surface area (Å²) >= 11 is 3.17. The van der Waals surface area contributed by atoms with Crippen LogP contribution >= 0.6 is 15.9 Å². The summed E-state index contributed by atoms with van der Waals surface area (Å²) in [7, 11) is 0. The van der Waals surface area contributed by atoms with Gasteiger partial charge in [-0.1, -0.05) is 6.07 Å². The van der Waals surface area contributed by atoms with E-state index in [-0.39, 0.29) is 34.1 Å². The SMILES string of the molecule is Oc1ccc(F)cc1-c1nc(-c2c(F)ccc(Br)c2O)c2ccccn12. The van der Waals surface area contributed by atoms with Crippen LogP contribution < -0.4 is 0 Å². The Balaban J connectivity index is 2.09. The Kier molecular flexibility index (Phi) is 3.88. The summed E-state index contributed by atoms with van der Waals surface area (Å²) in [6.07, 6.45) is 1.67. The van der Waals surface area contributed by atoms with Crippen molar-refractivity contribution >= 4 is 21.4 Å². The fourth-order valence-corrected chi connectivity index (χ4v) is 3.20. The first-order valence-corrected chi connectivity index (χ1v) is 8.40. The minimum Gasteiger partial charge on any atom is -0.507 e. The van der Waals surface area contributed by atoms with Crippen molar-refractivity contribution < 1.29 is 19.0 Å². The molecule has 130 valence electrons. The van der Waals surface area contributed by atoms with E-state index in [2.05, 4.69) is 20.9 Å². The fraction of sp³-hybridized carbons (Fsp3) is 0. The van der Waals surface area contributed by atoms with Crippen LogP contribution in [-0.2, 0) is 0 Å². The second kappa shape index (κ2) is 6.10. The molecule has 4 rings (SSSR count). The van der Waals surface area contributed by atoms with E-state index in [4.69, 9.17) is 0 Å². The van der Waals surface area contributed by atoms with Crippen LogP contribution in [0.2, 0.25) is 0 Å². The van der Waals surface area contributed by atoms with Crippen molar-refractivity contribution in [2.24, 2.45) is 0 Å². The summed E-state index contributed by atoms with van der Waals surface area (Å²) in [5, 5.41) is 20.5. The van der Waals surface area contributed by atoms with Gasteiger partial charge in [0.2, 0.25) is 0 Å². The van der Waals surface area contributed by atoms with Gasteiger partial charge in [-0.3, -0.25) is 4.40 Å². The zero-order chi connectivity index (χ0) is 18.4. The van der Waals surface area contributed by atoms with Gasteiger partial charge in [-0.15, -0.1) is 0 Å². The molecule has 0 spiro atoms. The maximum Gasteiger partial charge on any atom is 0.149 e. The molecule has 0 saturated heterocycles. The van der Waals surface area contributed by atoms with Crippen molar-refractivity contribution in [1.29, 1.82) is 0 Å². The second-order valence-electron chi connectivity index (χ2n) is 5.65. The van der Waals surface area contributed by atoms with Gasteiger partial charge in [0.1, 0.15) is 34.7 Å². The van der Waals surface area contributed by atoms with Crippen LogP contribution in [0.3, 0.4) is 0 Å². The lowest BCUT2D eigenvalue weighted by Crippen LogP contribution is -1.90. The van der Waals surface area contributed by atoms with Gasteiger partial charge in [0.15, 0.2) is 0 Å². The van der Waals surface area contributed by atoms with Gasteiger partial charge in [-0.05, 0) is 58.4 Å². The van der Waals surface area contributed by atoms with Crippen molar-refractivity contribution in [3.8, 4) is 34.1 Å². The van der Waals surface area contributed by atoms with Crippen molar-refractivity contribution in [2.75, 3.05) is 0 Å². The number of aromatic hydroxyl groups is 2. The van der Waals surface area contributed by atoms with Crippen molar-refractivity contribution in [2.45, 2.75) is 0 Å². The molecule has 4 nitrogen and oxygen atoms in total. The predicted molar refractivity (Wildman–Crippen MR) is 97.0 cm³/mol. The van der Waals surface area contributed by atoms with Gasteiger partial charge in [0, 0.05) is 6.20 Å². The smallest absolute Gasteiger partial charge is 0.149 e. The number of hydrogen-bond donors (Lipinski definition) is 2. The van der Waals surface area contributed by atoms with E-state index in [9.17, 15) is 19.0 Å². The Morgan fingerprint density at radius 3 is 2.62 bits per heavy atom. The highest BCUT2D eigenvalue weighted by Crippen LogP contribution is 2.41. The maximum absolute atomic E-state index is 14.5. The normalized spacial score (nSPS) is 11.2. The highest BCUT2D eigenvalue weighted by molar-refractivity contribution is 9.10. The number of fused-ring (bicyclic) bond motifs is 1. The van der Waals surface area contributed by atoms with E-state index in [1.54, 1.807) is 28.8 Å². The third-order valence-electron chi connectivity index (χ3n) is 4.06. The van der Waals surface area contributed by atoms with Crippen LogP contribution in [-0.4, -0.2) is 19.6 Å². The van der Waals surface area contributed by atoms with E-state index in [1.165, 1.54) is 18.2 Å². The molecule has 0 atom stereocenters. The summed E-state index contributed by atoms with van der Waals surface area (Å²) < 4.78 is 30.1. The van der Waals surface area contributed by atoms with Crippen LogP contribution in [0.4, 0.5) is 8.78 Å². The Morgan fingerprint density at radius 2 is 1.81 bits per heavy atom. The monoisotopic (exact) mass is 416 g/mol. The molecule has 0 aliphatic rings. The standard InChI is InChI=1S/C19H11BrF2N2O2/c20-12-5-6-13(22)16(18(12)26)17-14-3-1-2-8-24(14)19(23-17)11-9-10(21)4-7-15(11)25/h1-9,25-26H. The first-order chi connectivity index (χ1) is 12.5. The minimum atomic E-state index is -0.649. The van der Waals surface area contributed by atoms with Crippen molar-refractivity contribution in [1.82, 2.24) is 9.38 Å². The molecule has 0 aliphatic carbocycles. The number of phenols is 2. The van der Waals surface area contributed by atoms with Crippen LogP contribution in [0.25, 0.3) is 28.2 Å². The molecule has 0 amide bonds. The topological polar surface area (TPSA) is 57.8 Å². The number of imidazole rings is 1. The molecule has 0 saturated carbocycles. The van der Waals surface area contributed by atoms with E-state index in [0.717, 1.165) is 12.1 Å². The molecule has 7 heteroatoms. The number of rotatable bonds is 2. The zero-order valence-corrected chi connectivity index (χ0v) is 14.7. The highest BCUT2D eigenvalue weighted by Gasteiger charge is 2.22. The quantitative estimate of drug-likeness (QED) is 0.476. The first-order valence-electron chi connectivity index (χ1n) is 7.60. The molecule has 26 heavy (non-hydrogen) atoms. The molecule has 0 aliphatic heterocycles. The van der Waals surface area contributed by atoms with Crippen LogP contribution in [0, 0.1) is 11.6 Å². The molecule has 2 aromatic heterocycles. The maximum atomic E-state index is 14.5. The van der Waals surface area contributed by atoms with E-state index < -0.39 is 11.6 Å². The van der Waals surface area contributed by atoms with E-state index in [0.29, 0.717) is 9.99 Å². The lowest BCUT2D eigenvalue weighted by molar-refractivity contribution is 0.468. The molecule has 4 aromatic rings. The average Bonchev–Trinajstić information content (AvgIpc) is 3.00. The number of aromatic nitrogens is 2. The Labute approximate surface area is 155 Å². The highest BCUT2D eigenvalue weighted by atomic mass is 79.9. The third-order valence-corrected chi connectivity index (χ3v) is 4.70. The Bertz CT molecular complexity index is 1160. The van der Waals surface area contributed by atoms with Gasteiger partial charge < -0.3 is 10.2 Å². The van der Waals surface area contributed by atoms with Gasteiger partial charge in [0.25, 0.3) is 0 Å². The zero-order valence-electron chi connectivity index (χ0n) is 13.1. The summed E-state index contributed by atoms with van der Waals surface area (Å²) in [6.45, 7) is 0. The third kappa shape index (κ3) is 2.52. The van der Waals surface area contributed by atoms with E-state index >= 15 is 0 Å². The van der Waals surface area contributed by atoms with E-state index in [1.807, 2.05) is 0 Å². The lowest BCUT2D eigenvalue weighted by atomic mass is 10.1. The summed E-state index contributed by atoms with van der Waals surface area (Å²) in [5.74, 6) is -1.41. The minimum absolute atomic E-state index is 0.0785. The number of nitrogens with zero attached hydrogens (tertiary/aromatic N) is 2. The summed E-state index contributed by atoms with van der Waals surface area (Å²) in [5.41, 5.74) is 0.761. The van der Waals surface area contributed by atoms with Crippen molar-refractivity contribution in [3.63, 3.8) is 0 Å². The van der Waals surface area contributed by atoms with Crippen LogP contribution in [0.1, 0.15) is 0 Å². The molecule has 0 fully saturated rings. The number of phenolic OH excluding ortho intramolecular Hbond substituents is 2. The lowest BCUT2D eigenvalue weighted by Gasteiger charge is -2.06. The molecular weight excluding hydrogens is 406 g/mol. The number of benzene rings is 2. The van der Waals surface area contributed by atoms with Crippen molar-refractivity contribution in [3.05, 3.63) is 70.8 Å². The van der Waals surface area contributed by atoms with Gasteiger partial charge >= 0.3 is 0 Å². The predicted octanol–water partition coefficient (Wildman–Crippen LogP) is 5.12. The number of halogens is 3. The van der Waals surface area contributed by atoms with Gasteiger partial charge in [0.05, 0.1) is 21.1 Å². The number of pyridine rings is 1. The first kappa shape index (κ1) is 16.5. The molecule has 0 unspecified atom stereocenters. The Hall–Kier alpha value is -2.93. The molecule has 2 N–H and O–H groups in total. The second-order valence-corrected chi connectivity index (χ2v) is 6.51. The molecular formula is C19H11BrF2N2O2. The summed E-state index contributed by atoms with van der Waals surface area (Å²) in [6, 6.07) is 11.3. The van der Waals surface area contributed by atoms with Gasteiger partial charge in [-0.25, -0.2) is 13.8 Å². The largest absolute Gasteiger partial charge is 0.507 e. The molecule has 2 heterocycles. The van der Waals surface area contributed by atoms with Crippen LogP contribution in [0.5, 0.6) is 11.5 Å². The Morgan fingerprint density at radius 1 is 1.00 bits per heavy atom.